The lowest BCUT2D eigenvalue weighted by Crippen LogP contribution is -2.48. The fourth-order valence-electron chi connectivity index (χ4n) is 1.34. The number of nitrogens with one attached hydrogen (secondary N) is 2. The third-order valence-electron chi connectivity index (χ3n) is 2.29. The number of nitrogens with zero attached hydrogens (tertiary/aromatic N) is 1. The van der Waals surface area contributed by atoms with Crippen LogP contribution in [0.2, 0.25) is 0 Å². The first-order chi connectivity index (χ1) is 8.40. The topological polar surface area (TPSA) is 91.3 Å². The van der Waals surface area contributed by atoms with Gasteiger partial charge in [-0.15, -0.1) is 11.3 Å². The molecule has 0 fully saturated rings. The zero-order valence-electron chi connectivity index (χ0n) is 10.6. The zero-order valence-corrected chi connectivity index (χ0v) is 11.4. The van der Waals surface area contributed by atoms with Crippen LogP contribution < -0.4 is 10.6 Å². The summed E-state index contributed by atoms with van der Waals surface area (Å²) in [7, 11) is 0. The van der Waals surface area contributed by atoms with E-state index in [0.717, 1.165) is 9.88 Å². The quantitative estimate of drug-likeness (QED) is 0.754. The van der Waals surface area contributed by atoms with Gasteiger partial charge < -0.3 is 15.7 Å². The normalized spacial score (nSPS) is 12.2. The molecule has 0 unspecified atom stereocenters. The van der Waals surface area contributed by atoms with E-state index in [2.05, 4.69) is 15.6 Å². The highest BCUT2D eigenvalue weighted by Crippen LogP contribution is 2.10. The largest absolute Gasteiger partial charge is 0.480 e. The molecule has 0 aromatic carbocycles. The van der Waals surface area contributed by atoms with Crippen molar-refractivity contribution in [3.05, 3.63) is 16.1 Å². The molecule has 1 rings (SSSR count). The number of urea groups is 1. The van der Waals surface area contributed by atoms with E-state index in [-0.39, 0.29) is 5.92 Å². The number of carbonyl (C=O) groups excluding carboxylic acids is 1. The average Bonchev–Trinajstić information content (AvgIpc) is 2.68. The van der Waals surface area contributed by atoms with E-state index in [1.54, 1.807) is 20.0 Å². The summed E-state index contributed by atoms with van der Waals surface area (Å²) < 4.78 is 0. The van der Waals surface area contributed by atoms with E-state index in [1.807, 2.05) is 6.92 Å². The molecule has 0 spiro atoms. The lowest BCUT2D eigenvalue weighted by molar-refractivity contribution is -0.140. The molecule has 0 radical (unpaired) electrons. The maximum atomic E-state index is 11.5. The highest BCUT2D eigenvalue weighted by atomic mass is 32.1. The van der Waals surface area contributed by atoms with Gasteiger partial charge in [-0.2, -0.15) is 0 Å². The van der Waals surface area contributed by atoms with Crippen molar-refractivity contribution in [2.75, 3.05) is 0 Å². The predicted octanol–water partition coefficient (Wildman–Crippen LogP) is 1.36. The third-order valence-corrected chi connectivity index (χ3v) is 3.20. The molecule has 0 aliphatic rings. The molecule has 0 saturated carbocycles. The van der Waals surface area contributed by atoms with Crippen LogP contribution in [0.15, 0.2) is 6.20 Å². The molecule has 0 aliphatic carbocycles. The van der Waals surface area contributed by atoms with E-state index in [1.165, 1.54) is 11.3 Å². The molecule has 0 bridgehead atoms. The monoisotopic (exact) mass is 271 g/mol. The Morgan fingerprint density at radius 3 is 2.61 bits per heavy atom. The molecule has 0 saturated heterocycles. The molecular formula is C11H17N3O3S. The van der Waals surface area contributed by atoms with E-state index in [0.29, 0.717) is 6.54 Å². The summed E-state index contributed by atoms with van der Waals surface area (Å²) in [5, 5.41) is 14.7. The molecule has 1 aromatic heterocycles. The van der Waals surface area contributed by atoms with Crippen LogP contribution in [0.3, 0.4) is 0 Å². The van der Waals surface area contributed by atoms with Gasteiger partial charge in [0.25, 0.3) is 0 Å². The summed E-state index contributed by atoms with van der Waals surface area (Å²) >= 11 is 1.49. The average molecular weight is 271 g/mol. The summed E-state index contributed by atoms with van der Waals surface area (Å²) in [5.41, 5.74) is 0. The highest BCUT2D eigenvalue weighted by Gasteiger charge is 2.23. The Kier molecular flexibility index (Phi) is 5.08. The minimum atomic E-state index is -1.04. The lowest BCUT2D eigenvalue weighted by Gasteiger charge is -2.17. The molecular weight excluding hydrogens is 254 g/mol. The molecule has 18 heavy (non-hydrogen) atoms. The van der Waals surface area contributed by atoms with Crippen LogP contribution in [0.4, 0.5) is 4.79 Å². The first-order valence-electron chi connectivity index (χ1n) is 5.58. The summed E-state index contributed by atoms with van der Waals surface area (Å²) in [6.07, 6.45) is 1.73. The fraction of sp³-hybridized carbons (Fsp3) is 0.545. The predicted molar refractivity (Wildman–Crippen MR) is 68.5 cm³/mol. The molecule has 1 atom stereocenters. The number of aryl methyl sites for hydroxylation is 1. The number of amides is 2. The van der Waals surface area contributed by atoms with Gasteiger partial charge in [0, 0.05) is 11.1 Å². The number of carboxylic acids is 1. The summed E-state index contributed by atoms with van der Waals surface area (Å²) in [6, 6.07) is -1.38. The number of hydrogen-bond donors (Lipinski definition) is 3. The van der Waals surface area contributed by atoms with Crippen LogP contribution in [0.25, 0.3) is 0 Å². The van der Waals surface area contributed by atoms with Gasteiger partial charge in [0.2, 0.25) is 0 Å². The van der Waals surface area contributed by atoms with E-state index in [4.69, 9.17) is 5.11 Å². The van der Waals surface area contributed by atoms with Gasteiger partial charge in [0.1, 0.15) is 11.0 Å². The fourth-order valence-corrected chi connectivity index (χ4v) is 2.07. The second-order valence-corrected chi connectivity index (χ2v) is 5.57. The Morgan fingerprint density at radius 2 is 2.17 bits per heavy atom. The van der Waals surface area contributed by atoms with Gasteiger partial charge in [-0.3, -0.25) is 0 Å². The Morgan fingerprint density at radius 1 is 1.50 bits per heavy atom. The van der Waals surface area contributed by atoms with Gasteiger partial charge in [-0.1, -0.05) is 13.8 Å². The number of thiazole rings is 1. The van der Waals surface area contributed by atoms with Crippen molar-refractivity contribution < 1.29 is 14.7 Å². The number of rotatable bonds is 5. The second-order valence-electron chi connectivity index (χ2n) is 4.25. The Labute approximate surface area is 109 Å². The van der Waals surface area contributed by atoms with Crippen LogP contribution in [0.5, 0.6) is 0 Å². The molecule has 3 N–H and O–H groups in total. The smallest absolute Gasteiger partial charge is 0.326 e. The molecule has 2 amide bonds. The van der Waals surface area contributed by atoms with Crippen molar-refractivity contribution in [1.82, 2.24) is 15.6 Å². The number of aliphatic carboxylic acids is 1. The van der Waals surface area contributed by atoms with Crippen LogP contribution in [0.1, 0.15) is 23.7 Å². The van der Waals surface area contributed by atoms with Crippen molar-refractivity contribution in [2.24, 2.45) is 5.92 Å². The molecule has 0 aliphatic heterocycles. The molecule has 6 nitrogen and oxygen atoms in total. The minimum absolute atomic E-state index is 0.171. The summed E-state index contributed by atoms with van der Waals surface area (Å²) in [5.74, 6) is -1.21. The van der Waals surface area contributed by atoms with Crippen molar-refractivity contribution in [2.45, 2.75) is 33.4 Å². The maximum absolute atomic E-state index is 11.5. The van der Waals surface area contributed by atoms with Crippen molar-refractivity contribution >= 4 is 23.3 Å². The molecule has 100 valence electrons. The van der Waals surface area contributed by atoms with E-state index < -0.39 is 18.0 Å². The molecule has 1 heterocycles. The standard InChI is InChI=1S/C11H17N3O3S/c1-6(2)9(10(15)16)14-11(17)13-5-8-12-4-7(3)18-8/h4,6,9H,5H2,1-3H3,(H,15,16)(H2,13,14,17)/t9-/m0/s1. The van der Waals surface area contributed by atoms with Gasteiger partial charge >= 0.3 is 12.0 Å². The van der Waals surface area contributed by atoms with E-state index in [9.17, 15) is 9.59 Å². The number of carboxylic acid groups (broad SMARTS) is 1. The van der Waals surface area contributed by atoms with Crippen LogP contribution in [-0.4, -0.2) is 28.1 Å². The highest BCUT2D eigenvalue weighted by molar-refractivity contribution is 7.11. The van der Waals surface area contributed by atoms with Crippen molar-refractivity contribution in [3.8, 4) is 0 Å². The lowest BCUT2D eigenvalue weighted by atomic mass is 10.1. The minimum Gasteiger partial charge on any atom is -0.480 e. The van der Waals surface area contributed by atoms with Gasteiger partial charge in [-0.25, -0.2) is 14.6 Å². The SMILES string of the molecule is Cc1cnc(CNC(=O)N[C@H](C(=O)O)C(C)C)s1. The maximum Gasteiger partial charge on any atom is 0.326 e. The number of aromatic nitrogens is 1. The van der Waals surface area contributed by atoms with Gasteiger partial charge in [0.05, 0.1) is 6.54 Å². The first kappa shape index (κ1) is 14.4. The van der Waals surface area contributed by atoms with Crippen LogP contribution in [0, 0.1) is 12.8 Å². The first-order valence-corrected chi connectivity index (χ1v) is 6.40. The zero-order chi connectivity index (χ0) is 13.7. The number of hydrogen-bond acceptors (Lipinski definition) is 4. The van der Waals surface area contributed by atoms with Gasteiger partial charge in [-0.05, 0) is 12.8 Å². The molecule has 7 heteroatoms. The molecule has 1 aromatic rings. The Hall–Kier alpha value is -1.63. The summed E-state index contributed by atoms with van der Waals surface area (Å²) in [6.45, 7) is 5.71. The third kappa shape index (κ3) is 4.33. The van der Waals surface area contributed by atoms with Gasteiger partial charge in [0.15, 0.2) is 0 Å². The Bertz CT molecular complexity index is 431. The van der Waals surface area contributed by atoms with Crippen molar-refractivity contribution in [3.63, 3.8) is 0 Å². The Balaban J connectivity index is 2.43. The summed E-state index contributed by atoms with van der Waals surface area (Å²) in [4.78, 5) is 27.6. The number of carbonyl (C=O) groups is 2. The van der Waals surface area contributed by atoms with E-state index >= 15 is 0 Å². The van der Waals surface area contributed by atoms with Crippen LogP contribution in [-0.2, 0) is 11.3 Å². The second kappa shape index (κ2) is 6.34. The van der Waals surface area contributed by atoms with Crippen LogP contribution >= 0.6 is 11.3 Å². The van der Waals surface area contributed by atoms with Crippen molar-refractivity contribution in [1.29, 1.82) is 0 Å².